The highest BCUT2D eigenvalue weighted by Gasteiger charge is 2.10. The number of rotatable bonds is 3. The van der Waals surface area contributed by atoms with Gasteiger partial charge in [0.2, 0.25) is 0 Å². The van der Waals surface area contributed by atoms with E-state index >= 15 is 0 Å². The number of hydrogen-bond acceptors (Lipinski definition) is 2. The molecule has 1 atom stereocenters. The minimum Gasteiger partial charge on any atom is -0.478 e. The molecule has 0 amide bonds. The summed E-state index contributed by atoms with van der Waals surface area (Å²) in [5.74, 6) is -0.555. The maximum atomic E-state index is 10.6. The van der Waals surface area contributed by atoms with E-state index in [1.807, 2.05) is 13.8 Å². The molecule has 3 N–H and O–H groups in total. The van der Waals surface area contributed by atoms with Gasteiger partial charge >= 0.3 is 5.97 Å². The van der Waals surface area contributed by atoms with Crippen molar-refractivity contribution in [3.05, 3.63) is 35.4 Å². The Hall–Kier alpha value is -1.35. The lowest BCUT2D eigenvalue weighted by molar-refractivity contribution is 0.0697. The average Bonchev–Trinajstić information content (AvgIpc) is 2.16. The first kappa shape index (κ1) is 10.7. The Morgan fingerprint density at radius 2 is 1.79 bits per heavy atom. The first-order chi connectivity index (χ1) is 6.52. The molecule has 0 aliphatic carbocycles. The fourth-order valence-electron chi connectivity index (χ4n) is 1.23. The summed E-state index contributed by atoms with van der Waals surface area (Å²) in [4.78, 5) is 10.6. The van der Waals surface area contributed by atoms with Gasteiger partial charge in [-0.1, -0.05) is 26.0 Å². The zero-order chi connectivity index (χ0) is 10.7. The van der Waals surface area contributed by atoms with Gasteiger partial charge in [0, 0.05) is 6.04 Å². The fraction of sp³-hybridized carbons (Fsp3) is 0.364. The quantitative estimate of drug-likeness (QED) is 0.772. The smallest absolute Gasteiger partial charge is 0.335 e. The van der Waals surface area contributed by atoms with E-state index in [0.717, 1.165) is 5.56 Å². The van der Waals surface area contributed by atoms with Crippen LogP contribution in [0.3, 0.4) is 0 Å². The van der Waals surface area contributed by atoms with Gasteiger partial charge in [0.1, 0.15) is 0 Å². The van der Waals surface area contributed by atoms with E-state index in [9.17, 15) is 4.79 Å². The molecule has 0 radical (unpaired) electrons. The normalized spacial score (nSPS) is 12.9. The maximum Gasteiger partial charge on any atom is 0.335 e. The summed E-state index contributed by atoms with van der Waals surface area (Å²) >= 11 is 0. The van der Waals surface area contributed by atoms with Crippen LogP contribution in [-0.2, 0) is 0 Å². The molecule has 0 saturated heterocycles. The molecular weight excluding hydrogens is 178 g/mol. The van der Waals surface area contributed by atoms with Crippen LogP contribution in [0, 0.1) is 5.92 Å². The number of nitrogens with two attached hydrogens (primary N) is 1. The van der Waals surface area contributed by atoms with Gasteiger partial charge in [0.05, 0.1) is 5.56 Å². The van der Waals surface area contributed by atoms with Gasteiger partial charge in [-0.3, -0.25) is 0 Å². The first-order valence-electron chi connectivity index (χ1n) is 4.61. The number of carboxylic acids is 1. The van der Waals surface area contributed by atoms with E-state index in [1.54, 1.807) is 24.3 Å². The number of carboxylic acid groups (broad SMARTS) is 1. The van der Waals surface area contributed by atoms with Crippen molar-refractivity contribution in [3.8, 4) is 0 Å². The lowest BCUT2D eigenvalue weighted by Crippen LogP contribution is -2.16. The van der Waals surface area contributed by atoms with Crippen LogP contribution in [-0.4, -0.2) is 11.1 Å². The predicted molar refractivity (Wildman–Crippen MR) is 55.2 cm³/mol. The van der Waals surface area contributed by atoms with Gasteiger partial charge in [-0.2, -0.15) is 0 Å². The molecule has 0 heterocycles. The summed E-state index contributed by atoms with van der Waals surface area (Å²) < 4.78 is 0. The van der Waals surface area contributed by atoms with Crippen LogP contribution in [0.5, 0.6) is 0 Å². The van der Waals surface area contributed by atoms with E-state index in [0.29, 0.717) is 11.5 Å². The van der Waals surface area contributed by atoms with Gasteiger partial charge in [0.15, 0.2) is 0 Å². The SMILES string of the molecule is CC(C)C(N)c1ccc(C(=O)O)cc1. The second-order valence-corrected chi connectivity index (χ2v) is 3.70. The lowest BCUT2D eigenvalue weighted by Gasteiger charge is -2.15. The van der Waals surface area contributed by atoms with Crippen molar-refractivity contribution in [2.75, 3.05) is 0 Å². The molecule has 0 aliphatic heterocycles. The summed E-state index contributed by atoms with van der Waals surface area (Å²) in [5, 5.41) is 8.69. The topological polar surface area (TPSA) is 63.3 Å². The monoisotopic (exact) mass is 193 g/mol. The number of carbonyl (C=O) groups is 1. The van der Waals surface area contributed by atoms with Crippen molar-refractivity contribution in [1.82, 2.24) is 0 Å². The summed E-state index contributed by atoms with van der Waals surface area (Å²) in [7, 11) is 0. The van der Waals surface area contributed by atoms with Crippen LogP contribution in [0.2, 0.25) is 0 Å². The Labute approximate surface area is 83.6 Å². The molecule has 0 bridgehead atoms. The van der Waals surface area contributed by atoms with E-state index in [-0.39, 0.29) is 6.04 Å². The molecular formula is C11H15NO2. The molecule has 14 heavy (non-hydrogen) atoms. The lowest BCUT2D eigenvalue weighted by atomic mass is 9.96. The second kappa shape index (κ2) is 4.24. The second-order valence-electron chi connectivity index (χ2n) is 3.70. The van der Waals surface area contributed by atoms with Gasteiger partial charge in [-0.15, -0.1) is 0 Å². The van der Waals surface area contributed by atoms with Crippen molar-refractivity contribution in [2.24, 2.45) is 11.7 Å². The van der Waals surface area contributed by atoms with Crippen LogP contribution in [0.15, 0.2) is 24.3 Å². The molecule has 1 rings (SSSR count). The van der Waals surface area contributed by atoms with Gasteiger partial charge < -0.3 is 10.8 Å². The summed E-state index contributed by atoms with van der Waals surface area (Å²) in [6.45, 7) is 4.07. The zero-order valence-corrected chi connectivity index (χ0v) is 8.40. The Morgan fingerprint density at radius 3 is 2.14 bits per heavy atom. The number of aromatic carboxylic acids is 1. The first-order valence-corrected chi connectivity index (χ1v) is 4.61. The molecule has 0 aliphatic rings. The molecule has 3 heteroatoms. The Balaban J connectivity index is 2.88. The summed E-state index contributed by atoms with van der Waals surface area (Å²) in [5.41, 5.74) is 7.19. The summed E-state index contributed by atoms with van der Waals surface area (Å²) in [6.07, 6.45) is 0. The molecule has 1 aromatic rings. The van der Waals surface area contributed by atoms with Gasteiger partial charge in [-0.05, 0) is 23.6 Å². The molecule has 0 fully saturated rings. The van der Waals surface area contributed by atoms with Crippen molar-refractivity contribution in [1.29, 1.82) is 0 Å². The van der Waals surface area contributed by atoms with Crippen LogP contribution in [0.25, 0.3) is 0 Å². The van der Waals surface area contributed by atoms with Crippen molar-refractivity contribution in [2.45, 2.75) is 19.9 Å². The van der Waals surface area contributed by atoms with Crippen molar-refractivity contribution in [3.63, 3.8) is 0 Å². The number of benzene rings is 1. The van der Waals surface area contributed by atoms with E-state index in [1.165, 1.54) is 0 Å². The fourth-order valence-corrected chi connectivity index (χ4v) is 1.23. The summed E-state index contributed by atoms with van der Waals surface area (Å²) in [6, 6.07) is 6.68. The predicted octanol–water partition coefficient (Wildman–Crippen LogP) is 2.04. The van der Waals surface area contributed by atoms with Crippen molar-refractivity contribution >= 4 is 5.97 Å². The highest BCUT2D eigenvalue weighted by molar-refractivity contribution is 5.87. The Bertz CT molecular complexity index is 317. The highest BCUT2D eigenvalue weighted by atomic mass is 16.4. The Morgan fingerprint density at radius 1 is 1.29 bits per heavy atom. The Kier molecular flexibility index (Phi) is 3.25. The largest absolute Gasteiger partial charge is 0.478 e. The third kappa shape index (κ3) is 2.33. The average molecular weight is 193 g/mol. The third-order valence-electron chi connectivity index (χ3n) is 2.26. The van der Waals surface area contributed by atoms with E-state index < -0.39 is 5.97 Å². The molecule has 0 saturated carbocycles. The molecule has 1 aromatic carbocycles. The van der Waals surface area contributed by atoms with Crippen molar-refractivity contribution < 1.29 is 9.90 Å². The zero-order valence-electron chi connectivity index (χ0n) is 8.40. The molecule has 0 spiro atoms. The van der Waals surface area contributed by atoms with Gasteiger partial charge in [0.25, 0.3) is 0 Å². The standard InChI is InChI=1S/C11H15NO2/c1-7(2)10(12)8-3-5-9(6-4-8)11(13)14/h3-7,10H,12H2,1-2H3,(H,13,14). The van der Waals surface area contributed by atoms with Crippen LogP contribution < -0.4 is 5.73 Å². The molecule has 3 nitrogen and oxygen atoms in total. The molecule has 0 aromatic heterocycles. The highest BCUT2D eigenvalue weighted by Crippen LogP contribution is 2.18. The number of hydrogen-bond donors (Lipinski definition) is 2. The van der Waals surface area contributed by atoms with Crippen LogP contribution in [0.1, 0.15) is 35.8 Å². The third-order valence-corrected chi connectivity index (χ3v) is 2.26. The minimum atomic E-state index is -0.908. The van der Waals surface area contributed by atoms with Crippen LogP contribution in [0.4, 0.5) is 0 Å². The molecule has 76 valence electrons. The maximum absolute atomic E-state index is 10.6. The van der Waals surface area contributed by atoms with E-state index in [2.05, 4.69) is 0 Å². The minimum absolute atomic E-state index is 0.0298. The van der Waals surface area contributed by atoms with E-state index in [4.69, 9.17) is 10.8 Å². The molecule has 1 unspecified atom stereocenters. The van der Waals surface area contributed by atoms with Gasteiger partial charge in [-0.25, -0.2) is 4.79 Å². The van der Waals surface area contributed by atoms with Crippen LogP contribution >= 0.6 is 0 Å².